The number of esters is 1. The van der Waals surface area contributed by atoms with E-state index in [1.165, 1.54) is 19.2 Å². The molecule has 2 N–H and O–H groups in total. The Bertz CT molecular complexity index is 658. The van der Waals surface area contributed by atoms with E-state index in [9.17, 15) is 14.3 Å². The molecule has 0 fully saturated rings. The summed E-state index contributed by atoms with van der Waals surface area (Å²) < 4.78 is 17.9. The summed E-state index contributed by atoms with van der Waals surface area (Å²) in [5.41, 5.74) is 1.23. The van der Waals surface area contributed by atoms with Crippen molar-refractivity contribution in [1.29, 1.82) is 0 Å². The number of halogens is 1. The Morgan fingerprint density at radius 1 is 1.29 bits per heavy atom. The van der Waals surface area contributed by atoms with Crippen molar-refractivity contribution < 1.29 is 19.0 Å². The third kappa shape index (κ3) is 3.31. The van der Waals surface area contributed by atoms with Crippen LogP contribution in [0.4, 0.5) is 10.1 Å². The average Bonchev–Trinajstić information content (AvgIpc) is 2.48. The standard InChI is InChI=1S/C16H16FNO3/c1-10(12-5-3-4-6-15(12)19)18-14-8-7-11(17)9-13(14)16(20)21-2/h3-10,18-19H,1-2H3. The first-order valence-electron chi connectivity index (χ1n) is 6.45. The largest absolute Gasteiger partial charge is 0.508 e. The summed E-state index contributed by atoms with van der Waals surface area (Å²) in [6, 6.07) is 10.5. The molecule has 0 spiro atoms. The van der Waals surface area contributed by atoms with Gasteiger partial charge in [-0.1, -0.05) is 18.2 Å². The van der Waals surface area contributed by atoms with E-state index >= 15 is 0 Å². The first-order valence-corrected chi connectivity index (χ1v) is 6.45. The predicted molar refractivity (Wildman–Crippen MR) is 77.9 cm³/mol. The molecule has 5 heteroatoms. The van der Waals surface area contributed by atoms with Gasteiger partial charge in [0.25, 0.3) is 0 Å². The number of anilines is 1. The maximum atomic E-state index is 13.3. The Morgan fingerprint density at radius 3 is 2.67 bits per heavy atom. The van der Waals surface area contributed by atoms with Crippen molar-refractivity contribution in [3.05, 3.63) is 59.4 Å². The van der Waals surface area contributed by atoms with Crippen LogP contribution in [0, 0.1) is 5.82 Å². The lowest BCUT2D eigenvalue weighted by molar-refractivity contribution is 0.0601. The van der Waals surface area contributed by atoms with Crippen molar-refractivity contribution in [3.63, 3.8) is 0 Å². The number of methoxy groups -OCH3 is 1. The highest BCUT2D eigenvalue weighted by Crippen LogP contribution is 2.28. The van der Waals surface area contributed by atoms with Crippen LogP contribution in [0.2, 0.25) is 0 Å². The molecule has 110 valence electrons. The SMILES string of the molecule is COC(=O)c1cc(F)ccc1NC(C)c1ccccc1O. The minimum Gasteiger partial charge on any atom is -0.508 e. The third-order valence-corrected chi connectivity index (χ3v) is 3.16. The number of ether oxygens (including phenoxy) is 1. The molecule has 0 bridgehead atoms. The van der Waals surface area contributed by atoms with Crippen LogP contribution >= 0.6 is 0 Å². The number of rotatable bonds is 4. The molecule has 1 unspecified atom stereocenters. The van der Waals surface area contributed by atoms with Crippen LogP contribution in [0.5, 0.6) is 5.75 Å². The summed E-state index contributed by atoms with van der Waals surface area (Å²) in [5, 5.41) is 12.9. The molecule has 0 aliphatic carbocycles. The molecule has 2 rings (SSSR count). The van der Waals surface area contributed by atoms with Crippen molar-refractivity contribution in [3.8, 4) is 5.75 Å². The second-order valence-electron chi connectivity index (χ2n) is 4.61. The van der Waals surface area contributed by atoms with Gasteiger partial charge in [-0.25, -0.2) is 9.18 Å². The molecule has 0 radical (unpaired) electrons. The van der Waals surface area contributed by atoms with Crippen LogP contribution in [-0.2, 0) is 4.74 Å². The second kappa shape index (κ2) is 6.26. The first-order chi connectivity index (χ1) is 10.0. The molecular formula is C16H16FNO3. The van der Waals surface area contributed by atoms with Crippen LogP contribution in [0.25, 0.3) is 0 Å². The zero-order valence-corrected chi connectivity index (χ0v) is 11.8. The normalized spacial score (nSPS) is 11.8. The Balaban J connectivity index is 2.31. The summed E-state index contributed by atoms with van der Waals surface area (Å²) in [6.07, 6.45) is 0. The van der Waals surface area contributed by atoms with Gasteiger partial charge >= 0.3 is 5.97 Å². The molecule has 4 nitrogen and oxygen atoms in total. The molecule has 0 saturated heterocycles. The summed E-state index contributed by atoms with van der Waals surface area (Å²) in [7, 11) is 1.24. The predicted octanol–water partition coefficient (Wildman–Crippen LogP) is 3.49. The number of carbonyl (C=O) groups excluding carboxylic acids is 1. The fraction of sp³-hybridized carbons (Fsp3) is 0.188. The number of hydrogen-bond acceptors (Lipinski definition) is 4. The highest BCUT2D eigenvalue weighted by atomic mass is 19.1. The van der Waals surface area contributed by atoms with Crippen molar-refractivity contribution >= 4 is 11.7 Å². The quantitative estimate of drug-likeness (QED) is 0.846. The van der Waals surface area contributed by atoms with E-state index in [1.54, 1.807) is 24.3 Å². The average molecular weight is 289 g/mol. The molecular weight excluding hydrogens is 273 g/mol. The fourth-order valence-electron chi connectivity index (χ4n) is 2.09. The number of benzene rings is 2. The van der Waals surface area contributed by atoms with Gasteiger partial charge in [0.05, 0.1) is 18.7 Å². The van der Waals surface area contributed by atoms with Crippen molar-refractivity contribution in [2.45, 2.75) is 13.0 Å². The van der Waals surface area contributed by atoms with Crippen molar-refractivity contribution in [2.24, 2.45) is 0 Å². The minimum atomic E-state index is -0.624. The van der Waals surface area contributed by atoms with Gasteiger partial charge in [0.15, 0.2) is 0 Å². The Kier molecular flexibility index (Phi) is 4.42. The highest BCUT2D eigenvalue weighted by molar-refractivity contribution is 5.95. The monoisotopic (exact) mass is 289 g/mol. The zero-order chi connectivity index (χ0) is 15.4. The number of phenolic OH excluding ortho intramolecular Hbond substituents is 1. The van der Waals surface area contributed by atoms with Crippen LogP contribution in [0.15, 0.2) is 42.5 Å². The molecule has 0 saturated carbocycles. The number of phenols is 1. The molecule has 0 aromatic heterocycles. The van der Waals surface area contributed by atoms with E-state index in [-0.39, 0.29) is 17.4 Å². The fourth-order valence-corrected chi connectivity index (χ4v) is 2.09. The lowest BCUT2D eigenvalue weighted by atomic mass is 10.1. The number of para-hydroxylation sites is 1. The van der Waals surface area contributed by atoms with E-state index in [0.717, 1.165) is 6.07 Å². The maximum absolute atomic E-state index is 13.3. The van der Waals surface area contributed by atoms with Crippen LogP contribution in [0.3, 0.4) is 0 Å². The van der Waals surface area contributed by atoms with Crippen LogP contribution in [-0.4, -0.2) is 18.2 Å². The lowest BCUT2D eigenvalue weighted by Gasteiger charge is -2.18. The van der Waals surface area contributed by atoms with Gasteiger partial charge in [-0.15, -0.1) is 0 Å². The maximum Gasteiger partial charge on any atom is 0.340 e. The Labute approximate surface area is 122 Å². The summed E-state index contributed by atoms with van der Waals surface area (Å²) in [6.45, 7) is 1.83. The van der Waals surface area contributed by atoms with Gasteiger partial charge in [-0.3, -0.25) is 0 Å². The van der Waals surface area contributed by atoms with Crippen molar-refractivity contribution in [2.75, 3.05) is 12.4 Å². The highest BCUT2D eigenvalue weighted by Gasteiger charge is 2.16. The second-order valence-corrected chi connectivity index (χ2v) is 4.61. The van der Waals surface area contributed by atoms with Gasteiger partial charge in [0.1, 0.15) is 11.6 Å². The van der Waals surface area contributed by atoms with Crippen molar-refractivity contribution in [1.82, 2.24) is 0 Å². The van der Waals surface area contributed by atoms with E-state index in [1.807, 2.05) is 6.92 Å². The molecule has 0 amide bonds. The number of nitrogens with one attached hydrogen (secondary N) is 1. The van der Waals surface area contributed by atoms with Crippen LogP contribution in [0.1, 0.15) is 28.9 Å². The van der Waals surface area contributed by atoms with Gasteiger partial charge in [-0.05, 0) is 31.2 Å². The van der Waals surface area contributed by atoms with E-state index in [0.29, 0.717) is 11.3 Å². The summed E-state index contributed by atoms with van der Waals surface area (Å²) in [4.78, 5) is 11.7. The molecule has 0 aliphatic heterocycles. The topological polar surface area (TPSA) is 58.6 Å². The van der Waals surface area contributed by atoms with E-state index in [4.69, 9.17) is 0 Å². The molecule has 0 aliphatic rings. The molecule has 2 aromatic rings. The molecule has 21 heavy (non-hydrogen) atoms. The lowest BCUT2D eigenvalue weighted by Crippen LogP contribution is -2.12. The first kappa shape index (κ1) is 14.8. The molecule has 0 heterocycles. The number of hydrogen-bond donors (Lipinski definition) is 2. The Hall–Kier alpha value is -2.56. The van der Waals surface area contributed by atoms with Crippen LogP contribution < -0.4 is 5.32 Å². The molecule has 2 aromatic carbocycles. The van der Waals surface area contributed by atoms with Gasteiger partial charge in [0, 0.05) is 11.3 Å². The summed E-state index contributed by atoms with van der Waals surface area (Å²) >= 11 is 0. The van der Waals surface area contributed by atoms with Gasteiger partial charge < -0.3 is 15.2 Å². The minimum absolute atomic E-state index is 0.111. The smallest absolute Gasteiger partial charge is 0.340 e. The third-order valence-electron chi connectivity index (χ3n) is 3.16. The zero-order valence-electron chi connectivity index (χ0n) is 11.8. The number of carbonyl (C=O) groups is 1. The molecule has 1 atom stereocenters. The van der Waals surface area contributed by atoms with Gasteiger partial charge in [0.2, 0.25) is 0 Å². The van der Waals surface area contributed by atoms with E-state index < -0.39 is 11.8 Å². The number of aromatic hydroxyl groups is 1. The van der Waals surface area contributed by atoms with E-state index in [2.05, 4.69) is 10.1 Å². The van der Waals surface area contributed by atoms with Gasteiger partial charge in [-0.2, -0.15) is 0 Å². The Morgan fingerprint density at radius 2 is 2.00 bits per heavy atom. The summed E-state index contributed by atoms with van der Waals surface area (Å²) in [5.74, 6) is -0.989.